The second kappa shape index (κ2) is 6.98. The zero-order valence-electron chi connectivity index (χ0n) is 11.6. The predicted molar refractivity (Wildman–Crippen MR) is 77.3 cm³/mol. The van der Waals surface area contributed by atoms with Gasteiger partial charge in [-0.1, -0.05) is 24.6 Å². The van der Waals surface area contributed by atoms with Gasteiger partial charge in [0.25, 0.3) is 0 Å². The number of hydrogen-bond donors (Lipinski definition) is 1. The zero-order chi connectivity index (χ0) is 13.7. The van der Waals surface area contributed by atoms with Crippen LogP contribution in [-0.4, -0.2) is 31.1 Å². The fourth-order valence-electron chi connectivity index (χ4n) is 2.38. The molecule has 0 aliphatic carbocycles. The Hall–Kier alpha value is -0.770. The summed E-state index contributed by atoms with van der Waals surface area (Å²) in [6.07, 6.45) is 0. The van der Waals surface area contributed by atoms with Crippen molar-refractivity contribution in [1.29, 1.82) is 0 Å². The van der Waals surface area contributed by atoms with Gasteiger partial charge in [-0.05, 0) is 32.5 Å². The largest absolute Gasteiger partial charge is 0.496 e. The fourth-order valence-corrected chi connectivity index (χ4v) is 2.67. The van der Waals surface area contributed by atoms with Gasteiger partial charge >= 0.3 is 0 Å². The molecule has 0 aliphatic heterocycles. The molecule has 0 fully saturated rings. The number of benzene rings is 1. The molecule has 1 rings (SSSR count). The normalized spacial score (nSPS) is 13.1. The molecule has 0 heterocycles. The van der Waals surface area contributed by atoms with E-state index in [1.54, 1.807) is 7.11 Å². The lowest BCUT2D eigenvalue weighted by atomic mass is 10.0. The number of rotatable bonds is 6. The highest BCUT2D eigenvalue weighted by molar-refractivity contribution is 6.31. The van der Waals surface area contributed by atoms with Crippen LogP contribution in [-0.2, 0) is 0 Å². The molecular formula is C14H23ClN2O. The van der Waals surface area contributed by atoms with Gasteiger partial charge in [-0.3, -0.25) is 4.90 Å². The summed E-state index contributed by atoms with van der Waals surface area (Å²) in [4.78, 5) is 2.32. The number of nitrogens with zero attached hydrogens (tertiary/aromatic N) is 1. The third kappa shape index (κ3) is 3.16. The third-order valence-electron chi connectivity index (χ3n) is 3.22. The average Bonchev–Trinajstić information content (AvgIpc) is 2.35. The summed E-state index contributed by atoms with van der Waals surface area (Å²) in [5.41, 5.74) is 6.94. The van der Waals surface area contributed by atoms with Crippen molar-refractivity contribution in [3.63, 3.8) is 0 Å². The molecular weight excluding hydrogens is 248 g/mol. The Balaban J connectivity index is 3.23. The molecule has 0 radical (unpaired) electrons. The minimum Gasteiger partial charge on any atom is -0.496 e. The quantitative estimate of drug-likeness (QED) is 0.863. The van der Waals surface area contributed by atoms with Crippen LogP contribution in [0, 0.1) is 0 Å². The Bertz CT molecular complexity index is 382. The highest BCUT2D eigenvalue weighted by atomic mass is 35.5. The van der Waals surface area contributed by atoms with Gasteiger partial charge in [-0.2, -0.15) is 0 Å². The lowest BCUT2D eigenvalue weighted by molar-refractivity contribution is 0.164. The molecule has 0 bridgehead atoms. The molecule has 0 amide bonds. The molecule has 1 unspecified atom stereocenters. The number of hydrogen-bond acceptors (Lipinski definition) is 3. The standard InChI is InChI=1S/C14H23ClN2O/c1-5-17(10(2)3)12(9-16)14-11(15)7-6-8-13(14)18-4/h6-8,10,12H,5,9,16H2,1-4H3. The van der Waals surface area contributed by atoms with Gasteiger partial charge in [-0.25, -0.2) is 0 Å². The summed E-state index contributed by atoms with van der Waals surface area (Å²) in [7, 11) is 1.66. The first kappa shape index (κ1) is 15.3. The number of halogens is 1. The lowest BCUT2D eigenvalue weighted by Gasteiger charge is -2.34. The van der Waals surface area contributed by atoms with Crippen LogP contribution < -0.4 is 10.5 Å². The molecule has 2 N–H and O–H groups in total. The topological polar surface area (TPSA) is 38.5 Å². The Labute approximate surface area is 115 Å². The van der Waals surface area contributed by atoms with E-state index < -0.39 is 0 Å². The van der Waals surface area contributed by atoms with E-state index in [1.165, 1.54) is 0 Å². The SMILES string of the molecule is CCN(C(C)C)C(CN)c1c(Cl)cccc1OC. The van der Waals surface area contributed by atoms with Gasteiger partial charge in [0.15, 0.2) is 0 Å². The highest BCUT2D eigenvalue weighted by Crippen LogP contribution is 2.35. The van der Waals surface area contributed by atoms with Crippen molar-refractivity contribution in [3.8, 4) is 5.75 Å². The fraction of sp³-hybridized carbons (Fsp3) is 0.571. The van der Waals surface area contributed by atoms with Gasteiger partial charge in [0, 0.05) is 23.2 Å². The van der Waals surface area contributed by atoms with Crippen molar-refractivity contribution in [2.24, 2.45) is 5.73 Å². The molecule has 4 heteroatoms. The molecule has 0 saturated carbocycles. The molecule has 0 saturated heterocycles. The average molecular weight is 271 g/mol. The molecule has 0 spiro atoms. The maximum Gasteiger partial charge on any atom is 0.125 e. The zero-order valence-corrected chi connectivity index (χ0v) is 12.4. The van der Waals surface area contributed by atoms with Crippen LogP contribution >= 0.6 is 11.6 Å². The van der Waals surface area contributed by atoms with E-state index in [2.05, 4.69) is 25.7 Å². The monoisotopic (exact) mass is 270 g/mol. The summed E-state index contributed by atoms with van der Waals surface area (Å²) in [5.74, 6) is 0.803. The first-order chi connectivity index (χ1) is 8.56. The molecule has 1 atom stereocenters. The van der Waals surface area contributed by atoms with Crippen LogP contribution in [0.4, 0.5) is 0 Å². The van der Waals surface area contributed by atoms with Crippen LogP contribution in [0.3, 0.4) is 0 Å². The molecule has 1 aromatic carbocycles. The van der Waals surface area contributed by atoms with Crippen molar-refractivity contribution in [1.82, 2.24) is 4.90 Å². The number of ether oxygens (including phenoxy) is 1. The summed E-state index contributed by atoms with van der Waals surface area (Å²) in [6.45, 7) is 7.90. The molecule has 102 valence electrons. The Morgan fingerprint density at radius 3 is 2.50 bits per heavy atom. The first-order valence-electron chi connectivity index (χ1n) is 6.34. The molecule has 18 heavy (non-hydrogen) atoms. The van der Waals surface area contributed by atoms with Crippen molar-refractivity contribution in [2.75, 3.05) is 20.2 Å². The van der Waals surface area contributed by atoms with Crippen LogP contribution in [0.25, 0.3) is 0 Å². The lowest BCUT2D eigenvalue weighted by Crippen LogP contribution is -2.38. The summed E-state index contributed by atoms with van der Waals surface area (Å²) in [5, 5.41) is 0.712. The molecule has 3 nitrogen and oxygen atoms in total. The van der Waals surface area contributed by atoms with Crippen molar-refractivity contribution >= 4 is 11.6 Å². The molecule has 0 aromatic heterocycles. The van der Waals surface area contributed by atoms with E-state index in [9.17, 15) is 0 Å². The van der Waals surface area contributed by atoms with Crippen LogP contribution in [0.1, 0.15) is 32.4 Å². The summed E-state index contributed by atoms with van der Waals surface area (Å²) in [6, 6.07) is 6.20. The maximum atomic E-state index is 6.33. The smallest absolute Gasteiger partial charge is 0.125 e. The minimum absolute atomic E-state index is 0.0821. The summed E-state index contributed by atoms with van der Waals surface area (Å²) >= 11 is 6.33. The van der Waals surface area contributed by atoms with E-state index >= 15 is 0 Å². The predicted octanol–water partition coefficient (Wildman–Crippen LogP) is 3.08. The summed E-state index contributed by atoms with van der Waals surface area (Å²) < 4.78 is 5.42. The van der Waals surface area contributed by atoms with E-state index in [4.69, 9.17) is 22.1 Å². The van der Waals surface area contributed by atoms with E-state index in [0.29, 0.717) is 17.6 Å². The number of likely N-dealkylation sites (N-methyl/N-ethyl adjacent to an activating group) is 1. The van der Waals surface area contributed by atoms with Crippen LogP contribution in [0.2, 0.25) is 5.02 Å². The third-order valence-corrected chi connectivity index (χ3v) is 3.55. The Kier molecular flexibility index (Phi) is 5.93. The second-order valence-electron chi connectivity index (χ2n) is 4.53. The van der Waals surface area contributed by atoms with Gasteiger partial charge in [-0.15, -0.1) is 0 Å². The van der Waals surface area contributed by atoms with Crippen LogP contribution in [0.15, 0.2) is 18.2 Å². The van der Waals surface area contributed by atoms with Crippen LogP contribution in [0.5, 0.6) is 5.75 Å². The van der Waals surface area contributed by atoms with Crippen molar-refractivity contribution < 1.29 is 4.74 Å². The highest BCUT2D eigenvalue weighted by Gasteiger charge is 2.25. The van der Waals surface area contributed by atoms with Crippen molar-refractivity contribution in [3.05, 3.63) is 28.8 Å². The van der Waals surface area contributed by atoms with E-state index in [1.807, 2.05) is 18.2 Å². The Morgan fingerprint density at radius 1 is 1.39 bits per heavy atom. The first-order valence-corrected chi connectivity index (χ1v) is 6.72. The molecule has 0 aliphatic rings. The van der Waals surface area contributed by atoms with Gasteiger partial charge in [0.2, 0.25) is 0 Å². The van der Waals surface area contributed by atoms with Gasteiger partial charge in [0.1, 0.15) is 5.75 Å². The maximum absolute atomic E-state index is 6.33. The molecule has 1 aromatic rings. The van der Waals surface area contributed by atoms with Crippen molar-refractivity contribution in [2.45, 2.75) is 32.9 Å². The van der Waals surface area contributed by atoms with Gasteiger partial charge < -0.3 is 10.5 Å². The second-order valence-corrected chi connectivity index (χ2v) is 4.94. The van der Waals surface area contributed by atoms with Gasteiger partial charge in [0.05, 0.1) is 13.2 Å². The van der Waals surface area contributed by atoms with E-state index in [0.717, 1.165) is 17.9 Å². The van der Waals surface area contributed by atoms with E-state index in [-0.39, 0.29) is 6.04 Å². The minimum atomic E-state index is 0.0821. The number of nitrogens with two attached hydrogens (primary N) is 1. The Morgan fingerprint density at radius 2 is 2.06 bits per heavy atom. The number of methoxy groups -OCH3 is 1.